The lowest BCUT2D eigenvalue weighted by Gasteiger charge is -2.25. The molecule has 1 aliphatic rings. The summed E-state index contributed by atoms with van der Waals surface area (Å²) in [6, 6.07) is 4.76. The molecule has 2 N–H and O–H groups in total. The molecule has 8 heteroatoms. The van der Waals surface area contributed by atoms with Gasteiger partial charge in [-0.1, -0.05) is 12.1 Å². The highest BCUT2D eigenvalue weighted by Gasteiger charge is 2.30. The minimum Gasteiger partial charge on any atom is -0.387 e. The van der Waals surface area contributed by atoms with Crippen molar-refractivity contribution < 1.29 is 18.3 Å². The van der Waals surface area contributed by atoms with E-state index >= 15 is 0 Å². The zero-order valence-corrected chi connectivity index (χ0v) is 12.3. The van der Waals surface area contributed by atoms with E-state index in [9.17, 15) is 18.3 Å². The summed E-state index contributed by atoms with van der Waals surface area (Å²) in [4.78, 5) is 4.14. The first kappa shape index (κ1) is 15.9. The number of hydrogen-bond donors (Lipinski definition) is 2. The number of halogens is 3. The van der Waals surface area contributed by atoms with Crippen molar-refractivity contribution in [3.05, 3.63) is 47.5 Å². The molecular weight excluding hydrogens is 309 g/mol. The number of aliphatic hydroxyl groups is 1. The van der Waals surface area contributed by atoms with E-state index in [4.69, 9.17) is 0 Å². The standard InChI is InChI=1S/C15H17F3N4O/c16-15(17,18)11-3-1-10(2-4-11)13(23)7-19-12-5-6-14-20-9-21-22(14)8-12/h1-4,9,12-13,19,23H,5-8H2/t12-,13-/m1/s1. The van der Waals surface area contributed by atoms with Crippen LogP contribution in [0.1, 0.15) is 29.5 Å². The molecule has 0 bridgehead atoms. The lowest BCUT2D eigenvalue weighted by atomic mass is 10.0. The number of aryl methyl sites for hydroxylation is 1. The van der Waals surface area contributed by atoms with Crippen LogP contribution in [0, 0.1) is 0 Å². The molecule has 0 amide bonds. The summed E-state index contributed by atoms with van der Waals surface area (Å²) in [6.07, 6.45) is -1.99. The van der Waals surface area contributed by atoms with Gasteiger partial charge >= 0.3 is 6.18 Å². The van der Waals surface area contributed by atoms with Crippen molar-refractivity contribution in [3.63, 3.8) is 0 Å². The molecule has 0 spiro atoms. The third-order valence-corrected chi connectivity index (χ3v) is 4.03. The lowest BCUT2D eigenvalue weighted by molar-refractivity contribution is -0.137. The van der Waals surface area contributed by atoms with Crippen molar-refractivity contribution >= 4 is 0 Å². The first-order valence-corrected chi connectivity index (χ1v) is 7.39. The quantitative estimate of drug-likeness (QED) is 0.901. The Morgan fingerprint density at radius 3 is 2.74 bits per heavy atom. The normalized spacial score (nSPS) is 19.4. The van der Waals surface area contributed by atoms with Crippen LogP contribution in [0.5, 0.6) is 0 Å². The zero-order valence-electron chi connectivity index (χ0n) is 12.3. The van der Waals surface area contributed by atoms with Crippen molar-refractivity contribution in [1.29, 1.82) is 0 Å². The second-order valence-electron chi connectivity index (χ2n) is 5.64. The van der Waals surface area contributed by atoms with Crippen LogP contribution >= 0.6 is 0 Å². The van der Waals surface area contributed by atoms with Gasteiger partial charge in [-0.25, -0.2) is 9.67 Å². The fourth-order valence-corrected chi connectivity index (χ4v) is 2.69. The number of benzene rings is 1. The Morgan fingerprint density at radius 1 is 1.30 bits per heavy atom. The highest BCUT2D eigenvalue weighted by atomic mass is 19.4. The van der Waals surface area contributed by atoms with Crippen molar-refractivity contribution in [2.45, 2.75) is 37.7 Å². The molecule has 2 atom stereocenters. The number of fused-ring (bicyclic) bond motifs is 1. The summed E-state index contributed by atoms with van der Waals surface area (Å²) in [5, 5.41) is 17.5. The maximum Gasteiger partial charge on any atom is 0.416 e. The Morgan fingerprint density at radius 2 is 2.04 bits per heavy atom. The minimum absolute atomic E-state index is 0.160. The third kappa shape index (κ3) is 3.70. The molecule has 0 unspecified atom stereocenters. The molecule has 0 saturated heterocycles. The van der Waals surface area contributed by atoms with Gasteiger partial charge in [-0.05, 0) is 24.1 Å². The van der Waals surface area contributed by atoms with Gasteiger partial charge in [0.25, 0.3) is 0 Å². The van der Waals surface area contributed by atoms with Gasteiger partial charge in [0, 0.05) is 19.0 Å². The molecule has 5 nitrogen and oxygen atoms in total. The summed E-state index contributed by atoms with van der Waals surface area (Å²) in [6.45, 7) is 0.953. The SMILES string of the molecule is O[C@H](CN[C@@H]1CCc2ncnn2C1)c1ccc(C(F)(F)F)cc1. The monoisotopic (exact) mass is 326 g/mol. The van der Waals surface area contributed by atoms with Crippen LogP contribution in [0.4, 0.5) is 13.2 Å². The number of hydrogen-bond acceptors (Lipinski definition) is 4. The Kier molecular flexibility index (Phi) is 4.36. The maximum atomic E-state index is 12.5. The molecule has 2 heterocycles. The van der Waals surface area contributed by atoms with Gasteiger partial charge in [0.1, 0.15) is 12.2 Å². The molecule has 0 saturated carbocycles. The maximum absolute atomic E-state index is 12.5. The van der Waals surface area contributed by atoms with Gasteiger partial charge in [-0.15, -0.1) is 0 Å². The molecule has 1 aliphatic heterocycles. The number of aromatic nitrogens is 3. The highest BCUT2D eigenvalue weighted by Crippen LogP contribution is 2.29. The number of nitrogens with one attached hydrogen (secondary N) is 1. The van der Waals surface area contributed by atoms with E-state index in [2.05, 4.69) is 15.4 Å². The Balaban J connectivity index is 1.54. The Labute approximate surface area is 131 Å². The zero-order chi connectivity index (χ0) is 16.4. The predicted molar refractivity (Wildman–Crippen MR) is 76.5 cm³/mol. The van der Waals surface area contributed by atoms with E-state index in [1.807, 2.05) is 4.68 Å². The summed E-state index contributed by atoms with van der Waals surface area (Å²) >= 11 is 0. The Bertz CT molecular complexity index is 653. The third-order valence-electron chi connectivity index (χ3n) is 4.03. The van der Waals surface area contributed by atoms with Crippen LogP contribution in [-0.2, 0) is 19.1 Å². The Hall–Kier alpha value is -1.93. The number of rotatable bonds is 4. The van der Waals surface area contributed by atoms with Gasteiger partial charge in [-0.2, -0.15) is 18.3 Å². The molecule has 0 radical (unpaired) electrons. The second-order valence-corrected chi connectivity index (χ2v) is 5.64. The lowest BCUT2D eigenvalue weighted by Crippen LogP contribution is -2.39. The van der Waals surface area contributed by atoms with E-state index in [1.54, 1.807) is 0 Å². The molecule has 124 valence electrons. The summed E-state index contributed by atoms with van der Waals surface area (Å²) < 4.78 is 39.4. The highest BCUT2D eigenvalue weighted by molar-refractivity contribution is 5.26. The first-order chi connectivity index (χ1) is 10.9. The van der Waals surface area contributed by atoms with Gasteiger partial charge in [0.05, 0.1) is 18.2 Å². The first-order valence-electron chi connectivity index (χ1n) is 7.39. The van der Waals surface area contributed by atoms with Gasteiger partial charge in [-0.3, -0.25) is 0 Å². The van der Waals surface area contributed by atoms with Gasteiger partial charge < -0.3 is 10.4 Å². The van der Waals surface area contributed by atoms with Crippen molar-refractivity contribution in [2.75, 3.05) is 6.54 Å². The fraction of sp³-hybridized carbons (Fsp3) is 0.467. The van der Waals surface area contributed by atoms with E-state index in [0.717, 1.165) is 30.8 Å². The van der Waals surface area contributed by atoms with Gasteiger partial charge in [0.2, 0.25) is 0 Å². The van der Waals surface area contributed by atoms with E-state index < -0.39 is 17.8 Å². The van der Waals surface area contributed by atoms with Crippen LogP contribution in [0.15, 0.2) is 30.6 Å². The minimum atomic E-state index is -4.36. The summed E-state index contributed by atoms with van der Waals surface area (Å²) in [5.74, 6) is 0.950. The molecule has 23 heavy (non-hydrogen) atoms. The molecule has 1 aromatic carbocycles. The predicted octanol–water partition coefficient (Wildman–Crippen LogP) is 1.93. The van der Waals surface area contributed by atoms with Crippen molar-refractivity contribution in [3.8, 4) is 0 Å². The van der Waals surface area contributed by atoms with Crippen LogP contribution in [0.3, 0.4) is 0 Å². The van der Waals surface area contributed by atoms with Crippen LogP contribution in [0.2, 0.25) is 0 Å². The molecule has 1 aromatic heterocycles. The molecule has 0 aliphatic carbocycles. The fourth-order valence-electron chi connectivity index (χ4n) is 2.69. The molecule has 3 rings (SSSR count). The van der Waals surface area contributed by atoms with E-state index in [0.29, 0.717) is 12.1 Å². The molecule has 0 fully saturated rings. The van der Waals surface area contributed by atoms with Gasteiger partial charge in [0.15, 0.2) is 0 Å². The number of nitrogens with zero attached hydrogens (tertiary/aromatic N) is 3. The topological polar surface area (TPSA) is 63.0 Å². The average Bonchev–Trinajstić information content (AvgIpc) is 2.99. The van der Waals surface area contributed by atoms with E-state index in [-0.39, 0.29) is 12.6 Å². The smallest absolute Gasteiger partial charge is 0.387 e. The number of alkyl halides is 3. The van der Waals surface area contributed by atoms with Crippen LogP contribution in [-0.4, -0.2) is 32.5 Å². The van der Waals surface area contributed by atoms with Crippen molar-refractivity contribution in [1.82, 2.24) is 20.1 Å². The van der Waals surface area contributed by atoms with Crippen LogP contribution in [0.25, 0.3) is 0 Å². The number of aliphatic hydroxyl groups excluding tert-OH is 1. The van der Waals surface area contributed by atoms with Crippen molar-refractivity contribution in [2.24, 2.45) is 0 Å². The average molecular weight is 326 g/mol. The second kappa shape index (κ2) is 6.29. The molecular formula is C15H17F3N4O. The van der Waals surface area contributed by atoms with E-state index in [1.165, 1.54) is 18.5 Å². The van der Waals surface area contributed by atoms with Crippen LogP contribution < -0.4 is 5.32 Å². The summed E-state index contributed by atoms with van der Waals surface area (Å²) in [7, 11) is 0. The molecule has 2 aromatic rings. The summed E-state index contributed by atoms with van der Waals surface area (Å²) in [5.41, 5.74) is -0.254. The largest absolute Gasteiger partial charge is 0.416 e.